The molecule has 0 fully saturated rings. The Bertz CT molecular complexity index is 819. The highest BCUT2D eigenvalue weighted by atomic mass is 35.5. The van der Waals surface area contributed by atoms with E-state index in [1.165, 1.54) is 18.3 Å². The fraction of sp³-hybridized carbons (Fsp3) is 0.0714. The van der Waals surface area contributed by atoms with Gasteiger partial charge in [-0.05, 0) is 11.6 Å². The number of aromatic nitrogens is 1. The van der Waals surface area contributed by atoms with E-state index in [1.54, 1.807) is 0 Å². The molecule has 6 radical (unpaired) electrons. The van der Waals surface area contributed by atoms with Gasteiger partial charge in [-0.3, -0.25) is 9.59 Å². The Morgan fingerprint density at radius 2 is 1.88 bits per heavy atom. The van der Waals surface area contributed by atoms with Gasteiger partial charge in [0.25, 0.3) is 5.91 Å². The number of hydrogen-bond acceptors (Lipinski definition) is 4. The molecule has 0 saturated heterocycles. The van der Waals surface area contributed by atoms with Gasteiger partial charge < -0.3 is 15.5 Å². The Balaban J connectivity index is 2.44. The molecular weight excluding hydrogens is 328 g/mol. The van der Waals surface area contributed by atoms with Gasteiger partial charge in [-0.25, -0.2) is 4.98 Å². The lowest BCUT2D eigenvalue weighted by molar-refractivity contribution is -0.135. The van der Waals surface area contributed by atoms with Crippen LogP contribution < -0.4 is 21.7 Å². The first-order valence-electron chi connectivity index (χ1n) is 6.54. The molecule has 0 aliphatic heterocycles. The van der Waals surface area contributed by atoms with E-state index in [0.717, 1.165) is 0 Å². The highest BCUT2D eigenvalue weighted by molar-refractivity contribution is 6.57. The van der Waals surface area contributed by atoms with E-state index >= 15 is 0 Å². The molecule has 1 amide bonds. The third-order valence-corrected chi connectivity index (χ3v) is 3.47. The van der Waals surface area contributed by atoms with Gasteiger partial charge in [0.05, 0.1) is 0 Å². The van der Waals surface area contributed by atoms with Crippen LogP contribution in [-0.2, 0) is 4.79 Å². The predicted octanol–water partition coefficient (Wildman–Crippen LogP) is -1.70. The molecule has 0 saturated carbocycles. The smallest absolute Gasteiger partial charge is 0.322 e. The second-order valence-corrected chi connectivity index (χ2v) is 5.23. The Morgan fingerprint density at radius 3 is 2.46 bits per heavy atom. The molecule has 1 aromatic heterocycles. The van der Waals surface area contributed by atoms with Gasteiger partial charge in [0.1, 0.15) is 35.8 Å². The van der Waals surface area contributed by atoms with Crippen LogP contribution in [-0.4, -0.2) is 57.2 Å². The summed E-state index contributed by atoms with van der Waals surface area (Å²) in [7, 11) is 17.5. The monoisotopic (exact) mass is 336 g/mol. The maximum absolute atomic E-state index is 11.8. The molecule has 10 heteroatoms. The molecule has 24 heavy (non-hydrogen) atoms. The zero-order chi connectivity index (χ0) is 18.0. The van der Waals surface area contributed by atoms with Crippen molar-refractivity contribution in [2.45, 2.75) is 0 Å². The summed E-state index contributed by atoms with van der Waals surface area (Å²) in [5.74, 6) is -2.55. The summed E-state index contributed by atoms with van der Waals surface area (Å²) in [6.45, 7) is -0.605. The second-order valence-electron chi connectivity index (χ2n) is 4.82. The number of aromatic hydroxyl groups is 1. The molecule has 1 aromatic carbocycles. The van der Waals surface area contributed by atoms with Crippen molar-refractivity contribution >= 4 is 63.4 Å². The third kappa shape index (κ3) is 3.56. The van der Waals surface area contributed by atoms with Crippen molar-refractivity contribution in [1.82, 2.24) is 10.3 Å². The van der Waals surface area contributed by atoms with E-state index < -0.39 is 24.2 Å². The van der Waals surface area contributed by atoms with Gasteiger partial charge in [-0.15, -0.1) is 5.46 Å². The summed E-state index contributed by atoms with van der Waals surface area (Å²) in [6.07, 6.45) is 1.24. The van der Waals surface area contributed by atoms with Crippen LogP contribution in [0.1, 0.15) is 10.5 Å². The number of hydrogen-bond donors (Lipinski definition) is 3. The summed E-state index contributed by atoms with van der Waals surface area (Å²) < 4.78 is 0. The topological polar surface area (TPSA) is 99.5 Å². The van der Waals surface area contributed by atoms with E-state index in [1.807, 2.05) is 0 Å². The third-order valence-electron chi connectivity index (χ3n) is 3.16. The highest BCUT2D eigenvalue weighted by Gasteiger charge is 2.17. The number of carbonyl (C=O) groups is 2. The second kappa shape index (κ2) is 7.01. The standard InChI is InChI=1S/C14H8B3ClN2O4/c15-6-2-7(18)12(17)10(11(6)16)5-1-8(21)13(19-3-5)14(24)20-4-9(22)23/h1-3,21H,4H2,(H,20,24)(H,22,23). The van der Waals surface area contributed by atoms with Crippen molar-refractivity contribution in [2.24, 2.45) is 0 Å². The lowest BCUT2D eigenvalue weighted by Gasteiger charge is -2.16. The normalized spacial score (nSPS) is 10.4. The van der Waals surface area contributed by atoms with E-state index in [0.29, 0.717) is 5.56 Å². The van der Waals surface area contributed by atoms with Gasteiger partial charge in [-0.2, -0.15) is 0 Å². The Hall–Kier alpha value is -2.41. The van der Waals surface area contributed by atoms with Crippen LogP contribution in [0, 0.1) is 0 Å². The number of benzene rings is 1. The molecule has 6 nitrogen and oxygen atoms in total. The Morgan fingerprint density at radius 1 is 1.21 bits per heavy atom. The molecule has 114 valence electrons. The Kier molecular flexibility index (Phi) is 5.24. The molecular formula is C14H8B3ClN2O4. The van der Waals surface area contributed by atoms with Crippen LogP contribution in [0.4, 0.5) is 0 Å². The zero-order valence-corrected chi connectivity index (χ0v) is 13.0. The molecule has 2 rings (SSSR count). The maximum Gasteiger partial charge on any atom is 0.322 e. The first-order valence-corrected chi connectivity index (χ1v) is 6.92. The molecule has 3 N–H and O–H groups in total. The fourth-order valence-electron chi connectivity index (χ4n) is 2.02. The largest absolute Gasteiger partial charge is 0.505 e. The van der Waals surface area contributed by atoms with Crippen LogP contribution in [0.3, 0.4) is 0 Å². The molecule has 0 atom stereocenters. The van der Waals surface area contributed by atoms with Crippen LogP contribution in [0.5, 0.6) is 5.75 Å². The van der Waals surface area contributed by atoms with Crippen LogP contribution in [0.2, 0.25) is 5.02 Å². The van der Waals surface area contributed by atoms with Crippen LogP contribution in [0.25, 0.3) is 11.1 Å². The van der Waals surface area contributed by atoms with Crippen molar-refractivity contribution in [3.8, 4) is 16.9 Å². The molecule has 0 bridgehead atoms. The zero-order valence-electron chi connectivity index (χ0n) is 12.2. The van der Waals surface area contributed by atoms with E-state index in [-0.39, 0.29) is 32.7 Å². The Labute approximate surface area is 146 Å². The summed E-state index contributed by atoms with van der Waals surface area (Å²) >= 11 is 5.97. The summed E-state index contributed by atoms with van der Waals surface area (Å²) in [5.41, 5.74) is 0.736. The van der Waals surface area contributed by atoms with Gasteiger partial charge in [0.2, 0.25) is 0 Å². The minimum atomic E-state index is -1.23. The first-order chi connectivity index (χ1) is 11.2. The number of aliphatic carboxylic acids is 1. The number of carbonyl (C=O) groups excluding carboxylic acids is 1. The molecule has 0 aliphatic rings. The number of nitrogens with one attached hydrogen (secondary N) is 1. The lowest BCUT2D eigenvalue weighted by atomic mass is 9.71. The number of pyridine rings is 1. The number of nitrogens with zero attached hydrogens (tertiary/aromatic N) is 1. The fourth-order valence-corrected chi connectivity index (χ4v) is 2.23. The molecule has 0 aliphatic carbocycles. The maximum atomic E-state index is 11.8. The molecule has 0 spiro atoms. The van der Waals surface area contributed by atoms with Gasteiger partial charge >= 0.3 is 5.97 Å². The van der Waals surface area contributed by atoms with Gasteiger partial charge in [0.15, 0.2) is 5.69 Å². The highest BCUT2D eigenvalue weighted by Crippen LogP contribution is 2.23. The van der Waals surface area contributed by atoms with Crippen molar-refractivity contribution in [3.63, 3.8) is 0 Å². The number of carboxylic acid groups (broad SMARTS) is 1. The van der Waals surface area contributed by atoms with Crippen molar-refractivity contribution < 1.29 is 19.8 Å². The average Bonchev–Trinajstić information content (AvgIpc) is 2.51. The summed E-state index contributed by atoms with van der Waals surface area (Å²) in [5, 5.41) is 20.8. The predicted molar refractivity (Wildman–Crippen MR) is 92.5 cm³/mol. The van der Waals surface area contributed by atoms with Crippen molar-refractivity contribution in [1.29, 1.82) is 0 Å². The van der Waals surface area contributed by atoms with E-state index in [9.17, 15) is 14.7 Å². The number of carboxylic acids is 1. The van der Waals surface area contributed by atoms with E-state index in [2.05, 4.69) is 10.3 Å². The number of halogens is 1. The van der Waals surface area contributed by atoms with Crippen molar-refractivity contribution in [3.05, 3.63) is 29.0 Å². The quantitative estimate of drug-likeness (QED) is 0.579. The minimum Gasteiger partial charge on any atom is -0.505 e. The molecule has 2 aromatic rings. The average molecular weight is 336 g/mol. The van der Waals surface area contributed by atoms with E-state index in [4.69, 9.17) is 40.2 Å². The number of rotatable bonds is 4. The lowest BCUT2D eigenvalue weighted by Crippen LogP contribution is -2.34. The van der Waals surface area contributed by atoms with Gasteiger partial charge in [0, 0.05) is 16.8 Å². The number of amides is 1. The van der Waals surface area contributed by atoms with Crippen LogP contribution >= 0.6 is 11.6 Å². The summed E-state index contributed by atoms with van der Waals surface area (Å²) in [4.78, 5) is 26.0. The van der Waals surface area contributed by atoms with Crippen LogP contribution in [0.15, 0.2) is 18.3 Å². The van der Waals surface area contributed by atoms with Crippen molar-refractivity contribution in [2.75, 3.05) is 6.54 Å². The van der Waals surface area contributed by atoms with Gasteiger partial charge in [-0.1, -0.05) is 28.6 Å². The summed E-state index contributed by atoms with van der Waals surface area (Å²) in [6, 6.07) is 2.61. The SMILES string of the molecule is [B]c1cc(Cl)c([B])c(-c2cnc(C(=O)NCC(=O)O)c(O)c2)c1[B]. The minimum absolute atomic E-state index is 0.146. The first kappa shape index (κ1) is 17.9. The molecule has 1 heterocycles. The molecule has 0 unspecified atom stereocenters.